The van der Waals surface area contributed by atoms with Gasteiger partial charge in [0.15, 0.2) is 0 Å². The highest BCUT2D eigenvalue weighted by molar-refractivity contribution is 7.80. The lowest BCUT2D eigenvalue weighted by Crippen LogP contribution is -2.56. The summed E-state index contributed by atoms with van der Waals surface area (Å²) in [6.45, 7) is 7.10. The van der Waals surface area contributed by atoms with Gasteiger partial charge in [-0.05, 0) is 11.8 Å². The molecule has 0 aromatic heterocycles. The number of carboxylic acids is 1. The number of hydrogen-bond acceptors (Lipinski definition) is 7. The second kappa shape index (κ2) is 10.1. The molecule has 26 heavy (non-hydrogen) atoms. The summed E-state index contributed by atoms with van der Waals surface area (Å²) in [7, 11) is 0. The van der Waals surface area contributed by atoms with Crippen LogP contribution in [0.3, 0.4) is 0 Å². The molecule has 0 rings (SSSR count). The fourth-order valence-electron chi connectivity index (χ4n) is 2.73. The van der Waals surface area contributed by atoms with E-state index in [4.69, 9.17) is 22.3 Å². The summed E-state index contributed by atoms with van der Waals surface area (Å²) in [5.41, 5.74) is 15.0. The van der Waals surface area contributed by atoms with E-state index >= 15 is 0 Å². The van der Waals surface area contributed by atoms with Gasteiger partial charge >= 0.3 is 5.97 Å². The minimum absolute atomic E-state index is 0.0908. The van der Waals surface area contributed by atoms with Crippen LogP contribution in [0.4, 0.5) is 0 Å². The van der Waals surface area contributed by atoms with Crippen molar-refractivity contribution in [3.8, 4) is 0 Å². The predicted octanol–water partition coefficient (Wildman–Crippen LogP) is -1.34. The molecule has 0 heterocycles. The molecular weight excluding hydrogens is 358 g/mol. The Bertz CT molecular complexity index is 509. The molecule has 0 unspecified atom stereocenters. The van der Waals surface area contributed by atoms with Crippen LogP contribution in [0.25, 0.3) is 0 Å². The van der Waals surface area contributed by atoms with Gasteiger partial charge in [0.25, 0.3) is 0 Å². The summed E-state index contributed by atoms with van der Waals surface area (Å²) in [4.78, 5) is 36.1. The summed E-state index contributed by atoms with van der Waals surface area (Å²) < 4.78 is 0. The number of carboxylic acid groups (broad SMARTS) is 1. The van der Waals surface area contributed by atoms with E-state index in [9.17, 15) is 14.4 Å². The van der Waals surface area contributed by atoms with Crippen molar-refractivity contribution in [1.82, 2.24) is 10.6 Å². The molecule has 2 atom stereocenters. The maximum absolute atomic E-state index is 12.7. The van der Waals surface area contributed by atoms with Gasteiger partial charge in [-0.25, -0.2) is 0 Å². The second-order valence-corrected chi connectivity index (χ2v) is 8.12. The highest BCUT2D eigenvalue weighted by Crippen LogP contribution is 2.36. The normalized spacial score (nSPS) is 14.7. The fraction of sp³-hybridized carbons (Fsp3) is 0.812. The Hall–Kier alpha value is -1.36. The molecule has 0 aromatic carbocycles. The minimum Gasteiger partial charge on any atom is -0.480 e. The van der Waals surface area contributed by atoms with Crippen molar-refractivity contribution in [1.29, 1.82) is 0 Å². The van der Waals surface area contributed by atoms with Crippen LogP contribution in [0.5, 0.6) is 0 Å². The molecule has 0 saturated heterocycles. The van der Waals surface area contributed by atoms with Gasteiger partial charge in [-0.2, -0.15) is 12.6 Å². The number of nitrogens with two attached hydrogens (primary N) is 3. The number of aliphatic carboxylic acids is 1. The topological polar surface area (TPSA) is 174 Å². The average molecular weight is 392 g/mol. The van der Waals surface area contributed by atoms with Gasteiger partial charge in [0.2, 0.25) is 11.8 Å². The Morgan fingerprint density at radius 2 is 1.58 bits per heavy atom. The van der Waals surface area contributed by atoms with E-state index in [0.29, 0.717) is 0 Å². The fourth-order valence-corrected chi connectivity index (χ4v) is 2.98. The van der Waals surface area contributed by atoms with E-state index < -0.39 is 40.7 Å². The van der Waals surface area contributed by atoms with Gasteiger partial charge in [0.1, 0.15) is 12.1 Å². The standard InChI is InChI=1S/C16H33N5O4S/c1-15(2,11(19)13(23)24)8-16(3,4)14(25)21-10(7-26)12(22)20-9(5-17)6-18/h9-11,26H,5-8,17-19H2,1-4H3,(H,20,22)(H,21,25)(H,23,24)/t10-,11+/m0/s1. The molecule has 0 aliphatic carbocycles. The number of carbonyl (C=O) groups is 3. The third-order valence-electron chi connectivity index (χ3n) is 4.34. The van der Waals surface area contributed by atoms with Crippen LogP contribution in [0.2, 0.25) is 0 Å². The highest BCUT2D eigenvalue weighted by atomic mass is 32.1. The molecule has 0 aliphatic heterocycles. The van der Waals surface area contributed by atoms with E-state index in [2.05, 4.69) is 23.3 Å². The van der Waals surface area contributed by atoms with Crippen molar-refractivity contribution in [3.63, 3.8) is 0 Å². The van der Waals surface area contributed by atoms with E-state index in [1.165, 1.54) is 0 Å². The zero-order chi connectivity index (χ0) is 20.7. The first-order chi connectivity index (χ1) is 11.8. The Kier molecular flexibility index (Phi) is 9.57. The van der Waals surface area contributed by atoms with Gasteiger partial charge in [-0.15, -0.1) is 0 Å². The van der Waals surface area contributed by atoms with E-state index in [1.54, 1.807) is 27.7 Å². The van der Waals surface area contributed by atoms with Gasteiger partial charge in [-0.1, -0.05) is 27.7 Å². The highest BCUT2D eigenvalue weighted by Gasteiger charge is 2.41. The van der Waals surface area contributed by atoms with E-state index in [1.807, 2.05) is 0 Å². The van der Waals surface area contributed by atoms with Gasteiger partial charge in [0, 0.05) is 24.3 Å². The van der Waals surface area contributed by atoms with Gasteiger partial charge in [0.05, 0.1) is 6.04 Å². The van der Waals surface area contributed by atoms with E-state index in [0.717, 1.165) is 0 Å². The molecule has 9 N–H and O–H groups in total. The third kappa shape index (κ3) is 7.10. The molecule has 0 saturated carbocycles. The van der Waals surface area contributed by atoms with Crippen LogP contribution in [0.15, 0.2) is 0 Å². The Labute approximate surface area is 160 Å². The minimum atomic E-state index is -1.13. The Morgan fingerprint density at radius 1 is 1.08 bits per heavy atom. The lowest BCUT2D eigenvalue weighted by Gasteiger charge is -2.36. The van der Waals surface area contributed by atoms with Crippen molar-refractivity contribution < 1.29 is 19.5 Å². The molecule has 0 aliphatic rings. The largest absolute Gasteiger partial charge is 0.480 e. The predicted molar refractivity (Wildman–Crippen MR) is 104 cm³/mol. The van der Waals surface area contributed by atoms with Crippen molar-refractivity contribution in [2.45, 2.75) is 52.2 Å². The van der Waals surface area contributed by atoms with Gasteiger partial charge < -0.3 is 32.9 Å². The third-order valence-corrected chi connectivity index (χ3v) is 4.71. The van der Waals surface area contributed by atoms with Crippen LogP contribution in [-0.4, -0.2) is 59.9 Å². The van der Waals surface area contributed by atoms with Crippen LogP contribution >= 0.6 is 12.6 Å². The Balaban J connectivity index is 5.08. The molecule has 0 fully saturated rings. The zero-order valence-corrected chi connectivity index (χ0v) is 16.8. The Morgan fingerprint density at radius 3 is 1.96 bits per heavy atom. The molecule has 0 bridgehead atoms. The van der Waals surface area contributed by atoms with Crippen LogP contribution in [0, 0.1) is 10.8 Å². The first-order valence-electron chi connectivity index (χ1n) is 8.43. The first-order valence-corrected chi connectivity index (χ1v) is 9.06. The summed E-state index contributed by atoms with van der Waals surface area (Å²) in [5.74, 6) is -1.86. The number of thiol groups is 1. The van der Waals surface area contributed by atoms with Crippen molar-refractivity contribution >= 4 is 30.4 Å². The molecule has 0 spiro atoms. The number of amides is 2. The molecule has 2 amide bonds. The smallest absolute Gasteiger partial charge is 0.321 e. The number of carbonyl (C=O) groups excluding carboxylic acids is 2. The molecular formula is C16H33N5O4S. The van der Waals surface area contributed by atoms with Crippen molar-refractivity contribution in [2.75, 3.05) is 18.8 Å². The quantitative estimate of drug-likeness (QED) is 0.213. The maximum Gasteiger partial charge on any atom is 0.321 e. The molecule has 9 nitrogen and oxygen atoms in total. The van der Waals surface area contributed by atoms with Crippen LogP contribution in [0.1, 0.15) is 34.1 Å². The summed E-state index contributed by atoms with van der Waals surface area (Å²) >= 11 is 4.12. The van der Waals surface area contributed by atoms with Crippen molar-refractivity contribution in [3.05, 3.63) is 0 Å². The molecule has 152 valence electrons. The maximum atomic E-state index is 12.7. The van der Waals surface area contributed by atoms with E-state index in [-0.39, 0.29) is 31.3 Å². The number of nitrogens with one attached hydrogen (secondary N) is 2. The van der Waals surface area contributed by atoms with Crippen LogP contribution in [-0.2, 0) is 14.4 Å². The van der Waals surface area contributed by atoms with Crippen molar-refractivity contribution in [2.24, 2.45) is 28.0 Å². The average Bonchev–Trinajstić information content (AvgIpc) is 2.54. The lowest BCUT2D eigenvalue weighted by atomic mass is 9.70. The molecule has 0 aromatic rings. The second-order valence-electron chi connectivity index (χ2n) is 7.75. The molecule has 10 heteroatoms. The SMILES string of the molecule is CC(C)(CC(C)(C)[C@H](N)C(=O)O)C(=O)N[C@@H](CS)C(=O)NC(CN)CN. The van der Waals surface area contributed by atoms with Crippen LogP contribution < -0.4 is 27.8 Å². The first kappa shape index (κ1) is 24.6. The number of hydrogen-bond donors (Lipinski definition) is 7. The molecule has 0 radical (unpaired) electrons. The summed E-state index contributed by atoms with van der Waals surface area (Å²) in [6.07, 6.45) is 0.217. The zero-order valence-electron chi connectivity index (χ0n) is 15.9. The summed E-state index contributed by atoms with van der Waals surface area (Å²) in [5, 5.41) is 14.4. The summed E-state index contributed by atoms with van der Waals surface area (Å²) in [6, 6.07) is -2.36. The number of rotatable bonds is 11. The monoisotopic (exact) mass is 391 g/mol. The van der Waals surface area contributed by atoms with Gasteiger partial charge in [-0.3, -0.25) is 14.4 Å². The lowest BCUT2D eigenvalue weighted by molar-refractivity contribution is -0.143.